The first-order valence-electron chi connectivity index (χ1n) is 12.8. The number of aromatic nitrogens is 3. The molecule has 1 saturated heterocycles. The minimum atomic E-state index is -1.15. The van der Waals surface area contributed by atoms with Gasteiger partial charge in [0.05, 0.1) is 5.39 Å². The Balaban J connectivity index is 1.29. The van der Waals surface area contributed by atoms with Gasteiger partial charge in [0.1, 0.15) is 18.0 Å². The first kappa shape index (κ1) is 25.7. The topological polar surface area (TPSA) is 144 Å². The molecule has 3 heterocycles. The number of nitrogens with one attached hydrogen (secondary N) is 3. The molecular weight excluding hydrogens is 498 g/mol. The van der Waals surface area contributed by atoms with E-state index >= 15 is 0 Å². The van der Waals surface area contributed by atoms with Crippen molar-refractivity contribution in [1.29, 1.82) is 0 Å². The van der Waals surface area contributed by atoms with Crippen molar-refractivity contribution in [2.24, 2.45) is 0 Å². The molecule has 4 aromatic rings. The van der Waals surface area contributed by atoms with Gasteiger partial charge in [0.2, 0.25) is 5.95 Å². The van der Waals surface area contributed by atoms with Crippen LogP contribution < -0.4 is 15.5 Å². The van der Waals surface area contributed by atoms with Gasteiger partial charge < -0.3 is 25.2 Å². The standard InChI is InChI=1S/C28H29N7O4/c1-2-21-16-22-24(30-21)31-27(33-28(39)29-17-23(36)37)32-25(22)34-12-14-35(15-13-34)26(38)20-10-8-19(9-11-20)18-6-4-3-5-7-18/h3-11,16H,2,12-15,17H2,1H3,(H,36,37)(H3,29,30,31,32,33,39). The fourth-order valence-corrected chi connectivity index (χ4v) is 4.58. The number of rotatable bonds is 7. The second kappa shape index (κ2) is 11.2. The predicted molar refractivity (Wildman–Crippen MR) is 148 cm³/mol. The van der Waals surface area contributed by atoms with Gasteiger partial charge in [-0.1, -0.05) is 49.4 Å². The molecular formula is C28H29N7O4. The molecule has 0 saturated carbocycles. The van der Waals surface area contributed by atoms with Crippen LogP contribution in [-0.4, -0.2) is 75.6 Å². The largest absolute Gasteiger partial charge is 0.480 e. The average molecular weight is 528 g/mol. The summed E-state index contributed by atoms with van der Waals surface area (Å²) in [5, 5.41) is 14.4. The number of urea groups is 1. The fourth-order valence-electron chi connectivity index (χ4n) is 4.58. The number of H-pyrrole nitrogens is 1. The molecule has 0 spiro atoms. The molecule has 11 nitrogen and oxygen atoms in total. The van der Waals surface area contributed by atoms with Crippen LogP contribution in [-0.2, 0) is 11.2 Å². The summed E-state index contributed by atoms with van der Waals surface area (Å²) in [5.41, 5.74) is 4.35. The van der Waals surface area contributed by atoms with Crippen LogP contribution in [0.3, 0.4) is 0 Å². The molecule has 2 aromatic heterocycles. The summed E-state index contributed by atoms with van der Waals surface area (Å²) < 4.78 is 0. The Bertz CT molecular complexity index is 1490. The van der Waals surface area contributed by atoms with Crippen molar-refractivity contribution in [3.8, 4) is 11.1 Å². The third kappa shape index (κ3) is 5.82. The summed E-state index contributed by atoms with van der Waals surface area (Å²) in [6.07, 6.45) is 0.767. The molecule has 39 heavy (non-hydrogen) atoms. The van der Waals surface area contributed by atoms with E-state index in [2.05, 4.69) is 30.5 Å². The molecule has 2 aromatic carbocycles. The number of benzene rings is 2. The van der Waals surface area contributed by atoms with E-state index in [4.69, 9.17) is 5.11 Å². The highest BCUT2D eigenvalue weighted by Gasteiger charge is 2.25. The van der Waals surface area contributed by atoms with Crippen molar-refractivity contribution < 1.29 is 19.5 Å². The quantitative estimate of drug-likeness (QED) is 0.289. The number of piperazine rings is 1. The summed E-state index contributed by atoms with van der Waals surface area (Å²) >= 11 is 0. The lowest BCUT2D eigenvalue weighted by Gasteiger charge is -2.35. The van der Waals surface area contributed by atoms with E-state index < -0.39 is 18.5 Å². The lowest BCUT2D eigenvalue weighted by molar-refractivity contribution is -0.135. The molecule has 0 unspecified atom stereocenters. The lowest BCUT2D eigenvalue weighted by Crippen LogP contribution is -2.49. The van der Waals surface area contributed by atoms with Gasteiger partial charge in [-0.2, -0.15) is 9.97 Å². The monoisotopic (exact) mass is 527 g/mol. The molecule has 1 aliphatic rings. The molecule has 1 fully saturated rings. The molecule has 0 aliphatic carbocycles. The number of aliphatic carboxylic acids is 1. The summed E-state index contributed by atoms with van der Waals surface area (Å²) in [6.45, 7) is 3.63. The Morgan fingerprint density at radius 1 is 0.949 bits per heavy atom. The molecule has 5 rings (SSSR count). The van der Waals surface area contributed by atoms with Crippen LogP contribution in [0.1, 0.15) is 23.0 Å². The van der Waals surface area contributed by atoms with Crippen LogP contribution in [0, 0.1) is 0 Å². The molecule has 3 amide bonds. The van der Waals surface area contributed by atoms with E-state index in [1.165, 1.54) is 0 Å². The number of aryl methyl sites for hydroxylation is 1. The number of carbonyl (C=O) groups is 3. The van der Waals surface area contributed by atoms with Gasteiger partial charge in [0, 0.05) is 37.4 Å². The second-order valence-corrected chi connectivity index (χ2v) is 9.21. The maximum absolute atomic E-state index is 13.2. The molecule has 4 N–H and O–H groups in total. The minimum Gasteiger partial charge on any atom is -0.480 e. The number of carboxylic acids is 1. The minimum absolute atomic E-state index is 0.0190. The summed E-state index contributed by atoms with van der Waals surface area (Å²) in [4.78, 5) is 52.2. The van der Waals surface area contributed by atoms with Crippen molar-refractivity contribution in [2.75, 3.05) is 42.9 Å². The average Bonchev–Trinajstić information content (AvgIpc) is 3.39. The van der Waals surface area contributed by atoms with Crippen LogP contribution in [0.2, 0.25) is 0 Å². The normalized spacial score (nSPS) is 13.4. The molecule has 1 aliphatic heterocycles. The first-order valence-corrected chi connectivity index (χ1v) is 12.8. The van der Waals surface area contributed by atoms with Gasteiger partial charge in [0.25, 0.3) is 5.91 Å². The van der Waals surface area contributed by atoms with Crippen LogP contribution >= 0.6 is 0 Å². The number of amides is 3. The van der Waals surface area contributed by atoms with Gasteiger partial charge in [-0.25, -0.2) is 4.79 Å². The predicted octanol–water partition coefficient (Wildman–Crippen LogP) is 3.36. The number of hydrogen-bond acceptors (Lipinski definition) is 6. The maximum atomic E-state index is 13.2. The van der Waals surface area contributed by atoms with Crippen molar-refractivity contribution in [1.82, 2.24) is 25.2 Å². The van der Waals surface area contributed by atoms with E-state index in [-0.39, 0.29) is 11.9 Å². The number of carbonyl (C=O) groups excluding carboxylic acids is 2. The van der Waals surface area contributed by atoms with E-state index in [1.807, 2.05) is 72.5 Å². The SMILES string of the molecule is CCc1cc2c(N3CCN(C(=O)c4ccc(-c5ccccc5)cc4)CC3)nc(NC(=O)NCC(=O)O)nc2[nH]1. The van der Waals surface area contributed by atoms with Gasteiger partial charge in [-0.3, -0.25) is 14.9 Å². The molecule has 0 bridgehead atoms. The Kier molecular flexibility index (Phi) is 7.39. The van der Waals surface area contributed by atoms with E-state index in [0.717, 1.165) is 28.6 Å². The Labute approximate surface area is 224 Å². The maximum Gasteiger partial charge on any atom is 0.323 e. The van der Waals surface area contributed by atoms with E-state index in [9.17, 15) is 14.4 Å². The molecule has 200 valence electrons. The van der Waals surface area contributed by atoms with Crippen LogP contribution in [0.25, 0.3) is 22.2 Å². The smallest absolute Gasteiger partial charge is 0.323 e. The highest BCUT2D eigenvalue weighted by molar-refractivity contribution is 5.96. The van der Waals surface area contributed by atoms with E-state index in [0.29, 0.717) is 43.2 Å². The van der Waals surface area contributed by atoms with E-state index in [1.54, 1.807) is 0 Å². The summed E-state index contributed by atoms with van der Waals surface area (Å²) in [7, 11) is 0. The number of hydrogen-bond donors (Lipinski definition) is 4. The zero-order valence-electron chi connectivity index (χ0n) is 21.5. The number of carboxylic acid groups (broad SMARTS) is 1. The van der Waals surface area contributed by atoms with Crippen LogP contribution in [0.4, 0.5) is 16.6 Å². The number of anilines is 2. The Morgan fingerprint density at radius 3 is 2.31 bits per heavy atom. The van der Waals surface area contributed by atoms with Gasteiger partial charge in [-0.15, -0.1) is 0 Å². The van der Waals surface area contributed by atoms with Crippen LogP contribution in [0.15, 0.2) is 60.7 Å². The third-order valence-corrected chi connectivity index (χ3v) is 6.63. The van der Waals surface area contributed by atoms with Crippen LogP contribution in [0.5, 0.6) is 0 Å². The molecule has 11 heteroatoms. The number of fused-ring (bicyclic) bond motifs is 1. The van der Waals surface area contributed by atoms with Gasteiger partial charge >= 0.3 is 12.0 Å². The molecule has 0 atom stereocenters. The highest BCUT2D eigenvalue weighted by Crippen LogP contribution is 2.28. The molecule has 0 radical (unpaired) electrons. The third-order valence-electron chi connectivity index (χ3n) is 6.63. The van der Waals surface area contributed by atoms with Gasteiger partial charge in [0.15, 0.2) is 0 Å². The summed E-state index contributed by atoms with van der Waals surface area (Å²) in [6, 6.07) is 19.0. The summed E-state index contributed by atoms with van der Waals surface area (Å²) in [5.74, 6) is -0.473. The van der Waals surface area contributed by atoms with Crippen molar-refractivity contribution in [3.63, 3.8) is 0 Å². The van der Waals surface area contributed by atoms with Crippen molar-refractivity contribution in [3.05, 3.63) is 71.9 Å². The highest BCUT2D eigenvalue weighted by atomic mass is 16.4. The Morgan fingerprint density at radius 2 is 1.64 bits per heavy atom. The second-order valence-electron chi connectivity index (χ2n) is 9.21. The Hall–Kier alpha value is -4.93. The first-order chi connectivity index (χ1) is 18.9. The zero-order valence-corrected chi connectivity index (χ0v) is 21.5. The number of nitrogens with zero attached hydrogens (tertiary/aromatic N) is 4. The van der Waals surface area contributed by atoms with Gasteiger partial charge in [-0.05, 0) is 35.7 Å². The zero-order chi connectivity index (χ0) is 27.4. The lowest BCUT2D eigenvalue weighted by atomic mass is 10.0. The number of aromatic amines is 1. The van der Waals surface area contributed by atoms with Crippen molar-refractivity contribution in [2.45, 2.75) is 13.3 Å². The fraction of sp³-hybridized carbons (Fsp3) is 0.250. The van der Waals surface area contributed by atoms with Crippen molar-refractivity contribution >= 4 is 40.7 Å².